The first-order valence-electron chi connectivity index (χ1n) is 13.8. The Morgan fingerprint density at radius 1 is 1.00 bits per heavy atom. The van der Waals surface area contributed by atoms with Crippen LogP contribution in [0.1, 0.15) is 91.9 Å². The SMILES string of the molecule is CC=C1CC2CC(=O)OC(C=CC=CC=C(C)CC)C(C)C=CCCC3CCCC(CC(C1)O2)O3. The number of carbonyl (C=O) groups is 1. The summed E-state index contributed by atoms with van der Waals surface area (Å²) in [5.74, 6) is -0.0941. The number of cyclic esters (lactones) is 1. The van der Waals surface area contributed by atoms with Gasteiger partial charge in [0, 0.05) is 12.3 Å². The van der Waals surface area contributed by atoms with Crippen molar-refractivity contribution < 1.29 is 19.0 Å². The summed E-state index contributed by atoms with van der Waals surface area (Å²) in [6.07, 6.45) is 26.5. The van der Waals surface area contributed by atoms with E-state index < -0.39 is 0 Å². The van der Waals surface area contributed by atoms with Gasteiger partial charge in [-0.1, -0.05) is 67.5 Å². The molecule has 0 aromatic heterocycles. The minimum absolute atomic E-state index is 0.0931. The molecule has 0 aliphatic carbocycles. The summed E-state index contributed by atoms with van der Waals surface area (Å²) in [4.78, 5) is 13.0. The van der Waals surface area contributed by atoms with Crippen LogP contribution < -0.4 is 0 Å². The van der Waals surface area contributed by atoms with Crippen LogP contribution in [0.4, 0.5) is 0 Å². The molecule has 0 amide bonds. The molecular formula is C31H46O4. The van der Waals surface area contributed by atoms with Crippen LogP contribution >= 0.6 is 0 Å². The van der Waals surface area contributed by atoms with Crippen molar-refractivity contribution in [1.82, 2.24) is 0 Å². The quantitative estimate of drug-likeness (QED) is 0.235. The molecule has 0 saturated carbocycles. The molecule has 0 spiro atoms. The molecule has 0 aromatic rings. The van der Waals surface area contributed by atoms with Crippen LogP contribution in [-0.2, 0) is 19.0 Å². The van der Waals surface area contributed by atoms with E-state index in [9.17, 15) is 4.79 Å². The highest BCUT2D eigenvalue weighted by Crippen LogP contribution is 2.33. The molecule has 3 rings (SSSR count). The van der Waals surface area contributed by atoms with Crippen LogP contribution in [0.3, 0.4) is 0 Å². The first-order valence-corrected chi connectivity index (χ1v) is 13.8. The minimum atomic E-state index is -0.302. The highest BCUT2D eigenvalue weighted by molar-refractivity contribution is 5.70. The molecule has 0 radical (unpaired) electrons. The van der Waals surface area contributed by atoms with E-state index in [2.05, 4.69) is 52.0 Å². The Balaban J connectivity index is 1.75. The van der Waals surface area contributed by atoms with Crippen molar-refractivity contribution in [1.29, 1.82) is 0 Å². The van der Waals surface area contributed by atoms with E-state index in [1.165, 1.54) is 17.6 Å². The molecule has 0 N–H and O–H groups in total. The predicted molar refractivity (Wildman–Crippen MR) is 143 cm³/mol. The van der Waals surface area contributed by atoms with Gasteiger partial charge in [-0.05, 0) is 71.3 Å². The zero-order valence-corrected chi connectivity index (χ0v) is 22.3. The van der Waals surface area contributed by atoms with Gasteiger partial charge in [-0.15, -0.1) is 0 Å². The van der Waals surface area contributed by atoms with Gasteiger partial charge in [0.25, 0.3) is 0 Å². The van der Waals surface area contributed by atoms with Crippen molar-refractivity contribution in [2.45, 2.75) is 122 Å². The molecule has 3 aliphatic rings. The Labute approximate surface area is 213 Å². The Hall–Kier alpha value is -1.91. The number of hydrogen-bond donors (Lipinski definition) is 0. The van der Waals surface area contributed by atoms with E-state index in [0.29, 0.717) is 6.10 Å². The molecule has 3 aliphatic heterocycles. The third-order valence-corrected chi connectivity index (χ3v) is 7.47. The monoisotopic (exact) mass is 482 g/mol. The number of ether oxygens (including phenoxy) is 3. The largest absolute Gasteiger partial charge is 0.457 e. The second-order valence-electron chi connectivity index (χ2n) is 10.4. The maximum absolute atomic E-state index is 13.0. The number of rotatable bonds is 4. The van der Waals surface area contributed by atoms with Crippen LogP contribution in [0.5, 0.6) is 0 Å². The summed E-state index contributed by atoms with van der Waals surface area (Å²) in [5.41, 5.74) is 2.71. The number of esters is 1. The lowest BCUT2D eigenvalue weighted by Crippen LogP contribution is -2.37. The van der Waals surface area contributed by atoms with E-state index >= 15 is 0 Å². The van der Waals surface area contributed by atoms with Gasteiger partial charge in [0.1, 0.15) is 6.10 Å². The molecule has 35 heavy (non-hydrogen) atoms. The fourth-order valence-electron chi connectivity index (χ4n) is 5.18. The molecule has 194 valence electrons. The van der Waals surface area contributed by atoms with E-state index in [1.54, 1.807) is 0 Å². The average Bonchev–Trinajstić information content (AvgIpc) is 2.84. The first kappa shape index (κ1) is 27.7. The molecular weight excluding hydrogens is 436 g/mol. The lowest BCUT2D eigenvalue weighted by Gasteiger charge is -2.36. The van der Waals surface area contributed by atoms with Gasteiger partial charge in [-0.3, -0.25) is 4.79 Å². The first-order chi connectivity index (χ1) is 17.0. The normalized spacial score (nSPS) is 35.0. The lowest BCUT2D eigenvalue weighted by molar-refractivity contribution is -0.154. The van der Waals surface area contributed by atoms with Crippen LogP contribution in [0.25, 0.3) is 0 Å². The van der Waals surface area contributed by atoms with E-state index in [4.69, 9.17) is 14.2 Å². The van der Waals surface area contributed by atoms with Crippen molar-refractivity contribution in [3.63, 3.8) is 0 Å². The second kappa shape index (κ2) is 14.6. The van der Waals surface area contributed by atoms with Crippen LogP contribution in [-0.4, -0.2) is 36.5 Å². The van der Waals surface area contributed by atoms with Gasteiger partial charge in [0.05, 0.1) is 30.8 Å². The van der Waals surface area contributed by atoms with Crippen LogP contribution in [0, 0.1) is 5.92 Å². The molecule has 4 bridgehead atoms. The Morgan fingerprint density at radius 2 is 1.77 bits per heavy atom. The number of carbonyl (C=O) groups excluding carboxylic acids is 1. The predicted octanol–water partition coefficient (Wildman–Crippen LogP) is 7.56. The Kier molecular flexibility index (Phi) is 11.5. The van der Waals surface area contributed by atoms with Gasteiger partial charge in [0.15, 0.2) is 0 Å². The summed E-state index contributed by atoms with van der Waals surface area (Å²) in [6, 6.07) is 0. The smallest absolute Gasteiger partial charge is 0.309 e. The average molecular weight is 483 g/mol. The fraction of sp³-hybridized carbons (Fsp3) is 0.645. The second-order valence-corrected chi connectivity index (χ2v) is 10.4. The number of fused-ring (bicyclic) bond motifs is 4. The van der Waals surface area contributed by atoms with Crippen molar-refractivity contribution in [2.75, 3.05) is 0 Å². The zero-order valence-electron chi connectivity index (χ0n) is 22.3. The van der Waals surface area contributed by atoms with Crippen LogP contribution in [0.2, 0.25) is 0 Å². The van der Waals surface area contributed by atoms with Gasteiger partial charge in [0.2, 0.25) is 0 Å². The third kappa shape index (κ3) is 9.57. The van der Waals surface area contributed by atoms with Gasteiger partial charge >= 0.3 is 5.97 Å². The molecule has 2 fully saturated rings. The molecule has 0 aromatic carbocycles. The van der Waals surface area contributed by atoms with E-state index in [-0.39, 0.29) is 42.7 Å². The standard InChI is InChI=1S/C31H46O4/c1-5-23(3)13-8-7-9-18-30-24(4)14-10-11-15-26-16-12-17-27(33-26)21-28-19-25(6-2)20-29(34-28)22-31(32)35-30/h6-10,13-14,18,24,26-30H,5,11-12,15-17,19-22H2,1-4H3. The highest BCUT2D eigenvalue weighted by atomic mass is 16.5. The third-order valence-electron chi connectivity index (χ3n) is 7.47. The maximum Gasteiger partial charge on any atom is 0.309 e. The lowest BCUT2D eigenvalue weighted by atomic mass is 9.91. The summed E-state index contributed by atoms with van der Waals surface area (Å²) in [6.45, 7) is 8.48. The Bertz CT molecular complexity index is 818. The van der Waals surface area contributed by atoms with Crippen molar-refractivity contribution in [3.05, 3.63) is 59.8 Å². The maximum atomic E-state index is 13.0. The highest BCUT2D eigenvalue weighted by Gasteiger charge is 2.32. The summed E-state index contributed by atoms with van der Waals surface area (Å²) in [5, 5.41) is 0. The summed E-state index contributed by atoms with van der Waals surface area (Å²) in [7, 11) is 0. The van der Waals surface area contributed by atoms with Crippen molar-refractivity contribution in [3.8, 4) is 0 Å². The Morgan fingerprint density at radius 3 is 2.57 bits per heavy atom. The topological polar surface area (TPSA) is 44.8 Å². The molecule has 4 heteroatoms. The summed E-state index contributed by atoms with van der Waals surface area (Å²) >= 11 is 0. The molecule has 3 heterocycles. The summed E-state index contributed by atoms with van der Waals surface area (Å²) < 4.78 is 18.9. The van der Waals surface area contributed by atoms with Gasteiger partial charge in [-0.2, -0.15) is 0 Å². The van der Waals surface area contributed by atoms with Gasteiger partial charge < -0.3 is 14.2 Å². The molecule has 4 nitrogen and oxygen atoms in total. The van der Waals surface area contributed by atoms with Crippen molar-refractivity contribution in [2.24, 2.45) is 5.92 Å². The van der Waals surface area contributed by atoms with E-state index in [0.717, 1.165) is 51.4 Å². The minimum Gasteiger partial charge on any atom is -0.457 e. The fourth-order valence-corrected chi connectivity index (χ4v) is 5.18. The number of allylic oxidation sites excluding steroid dienone is 7. The molecule has 2 saturated heterocycles. The van der Waals surface area contributed by atoms with Gasteiger partial charge in [-0.25, -0.2) is 0 Å². The number of hydrogen-bond acceptors (Lipinski definition) is 4. The zero-order chi connectivity index (χ0) is 25.0. The van der Waals surface area contributed by atoms with Crippen LogP contribution in [0.15, 0.2) is 59.8 Å². The molecule has 6 atom stereocenters. The van der Waals surface area contributed by atoms with Crippen molar-refractivity contribution >= 4 is 5.97 Å². The molecule has 6 unspecified atom stereocenters. The van der Waals surface area contributed by atoms with E-state index in [1.807, 2.05) is 24.3 Å².